The summed E-state index contributed by atoms with van der Waals surface area (Å²) in [6, 6.07) is 7.89. The molecule has 6 nitrogen and oxygen atoms in total. The fourth-order valence-corrected chi connectivity index (χ4v) is 3.92. The molecule has 1 fully saturated rings. The highest BCUT2D eigenvalue weighted by molar-refractivity contribution is 7.17. The van der Waals surface area contributed by atoms with Gasteiger partial charge >= 0.3 is 0 Å². The number of hydrogen-bond donors (Lipinski definition) is 2. The number of nitrogens with one attached hydrogen (secondary N) is 2. The summed E-state index contributed by atoms with van der Waals surface area (Å²) in [6.07, 6.45) is 2.33. The van der Waals surface area contributed by atoms with Crippen LogP contribution in [0.25, 0.3) is 10.8 Å². The maximum Gasteiger partial charge on any atom is 0.263 e. The average molecular weight is 360 g/mol. The van der Waals surface area contributed by atoms with E-state index in [1.165, 1.54) is 17.7 Å². The molecule has 2 heterocycles. The third-order valence-electron chi connectivity index (χ3n) is 4.03. The number of aromatic amines is 1. The predicted octanol–water partition coefficient (Wildman–Crippen LogP) is 3.18. The lowest BCUT2D eigenvalue weighted by Gasteiger charge is -2.05. The Kier molecular flexibility index (Phi) is 3.82. The SMILES string of the molecule is Cc1nc(-c2ncn[nH]2)sc1C(=O)N[C@H]1C[C@@H]1c1ccccc1Cl. The van der Waals surface area contributed by atoms with Crippen LogP contribution in [0, 0.1) is 6.92 Å². The van der Waals surface area contributed by atoms with Crippen LogP contribution in [0.5, 0.6) is 0 Å². The Balaban J connectivity index is 1.47. The van der Waals surface area contributed by atoms with E-state index in [4.69, 9.17) is 11.6 Å². The molecule has 1 amide bonds. The zero-order chi connectivity index (χ0) is 16.7. The Morgan fingerprint density at radius 3 is 3.00 bits per heavy atom. The summed E-state index contributed by atoms with van der Waals surface area (Å²) in [6.45, 7) is 1.82. The van der Waals surface area contributed by atoms with E-state index in [9.17, 15) is 4.79 Å². The van der Waals surface area contributed by atoms with Gasteiger partial charge in [-0.3, -0.25) is 9.89 Å². The first-order valence-electron chi connectivity index (χ1n) is 7.52. The number of benzene rings is 1. The van der Waals surface area contributed by atoms with Gasteiger partial charge in [-0.15, -0.1) is 11.3 Å². The number of carbonyl (C=O) groups is 1. The summed E-state index contributed by atoms with van der Waals surface area (Å²) < 4.78 is 0. The van der Waals surface area contributed by atoms with Crippen LogP contribution in [0.4, 0.5) is 0 Å². The van der Waals surface area contributed by atoms with Gasteiger partial charge in [-0.25, -0.2) is 9.97 Å². The van der Waals surface area contributed by atoms with Crippen molar-refractivity contribution in [3.8, 4) is 10.8 Å². The summed E-state index contributed by atoms with van der Waals surface area (Å²) in [7, 11) is 0. The van der Waals surface area contributed by atoms with E-state index in [1.807, 2.05) is 31.2 Å². The third-order valence-corrected chi connectivity index (χ3v) is 5.54. The molecular weight excluding hydrogens is 346 g/mol. The maximum atomic E-state index is 12.5. The van der Waals surface area contributed by atoms with Gasteiger partial charge in [-0.05, 0) is 25.0 Å². The summed E-state index contributed by atoms with van der Waals surface area (Å²) in [5, 5.41) is 11.1. The second-order valence-corrected chi connectivity index (χ2v) is 7.12. The van der Waals surface area contributed by atoms with Gasteiger partial charge < -0.3 is 5.32 Å². The highest BCUT2D eigenvalue weighted by Crippen LogP contribution is 2.43. The van der Waals surface area contributed by atoms with E-state index >= 15 is 0 Å². The van der Waals surface area contributed by atoms with Gasteiger partial charge in [-0.1, -0.05) is 29.8 Å². The van der Waals surface area contributed by atoms with Crippen molar-refractivity contribution < 1.29 is 4.79 Å². The number of rotatable bonds is 4. The number of H-pyrrole nitrogens is 1. The van der Waals surface area contributed by atoms with Gasteiger partial charge in [0, 0.05) is 17.0 Å². The van der Waals surface area contributed by atoms with Crippen molar-refractivity contribution in [2.24, 2.45) is 0 Å². The molecule has 1 aliphatic rings. The van der Waals surface area contributed by atoms with Crippen molar-refractivity contribution in [1.29, 1.82) is 0 Å². The van der Waals surface area contributed by atoms with Crippen molar-refractivity contribution in [3.05, 3.63) is 51.7 Å². The van der Waals surface area contributed by atoms with Crippen molar-refractivity contribution >= 4 is 28.8 Å². The normalized spacial score (nSPS) is 19.2. The first kappa shape index (κ1) is 15.3. The molecule has 4 rings (SSSR count). The Labute approximate surface area is 147 Å². The van der Waals surface area contributed by atoms with Crippen molar-refractivity contribution in [2.45, 2.75) is 25.3 Å². The molecule has 3 aromatic rings. The summed E-state index contributed by atoms with van der Waals surface area (Å²) in [4.78, 5) is 21.6. The molecule has 2 aromatic heterocycles. The Morgan fingerprint density at radius 2 is 2.25 bits per heavy atom. The topological polar surface area (TPSA) is 83.6 Å². The van der Waals surface area contributed by atoms with Crippen molar-refractivity contribution in [1.82, 2.24) is 25.5 Å². The van der Waals surface area contributed by atoms with Gasteiger partial charge in [0.05, 0.1) is 5.69 Å². The molecule has 24 heavy (non-hydrogen) atoms. The Bertz CT molecular complexity index is 892. The molecule has 122 valence electrons. The lowest BCUT2D eigenvalue weighted by Crippen LogP contribution is -2.26. The van der Waals surface area contributed by atoms with E-state index in [0.29, 0.717) is 21.4 Å². The van der Waals surface area contributed by atoms with Gasteiger partial charge in [0.25, 0.3) is 5.91 Å². The van der Waals surface area contributed by atoms with Crippen LogP contribution in [0.3, 0.4) is 0 Å². The number of aryl methyl sites for hydroxylation is 1. The Morgan fingerprint density at radius 1 is 1.42 bits per heavy atom. The fraction of sp³-hybridized carbons (Fsp3) is 0.250. The lowest BCUT2D eigenvalue weighted by molar-refractivity contribution is 0.0953. The molecule has 0 unspecified atom stereocenters. The summed E-state index contributed by atoms with van der Waals surface area (Å²) in [5.74, 6) is 0.752. The van der Waals surface area contributed by atoms with E-state index in [0.717, 1.165) is 17.0 Å². The molecule has 1 aromatic carbocycles. The number of halogens is 1. The van der Waals surface area contributed by atoms with Gasteiger partial charge in [0.1, 0.15) is 11.2 Å². The lowest BCUT2D eigenvalue weighted by atomic mass is 10.1. The second-order valence-electron chi connectivity index (χ2n) is 5.71. The smallest absolute Gasteiger partial charge is 0.263 e. The molecule has 1 saturated carbocycles. The number of aromatic nitrogens is 4. The minimum atomic E-state index is -0.102. The molecule has 1 aliphatic carbocycles. The minimum Gasteiger partial charge on any atom is -0.348 e. The second kappa shape index (κ2) is 5.99. The molecule has 0 aliphatic heterocycles. The van der Waals surface area contributed by atoms with Gasteiger partial charge in [0.2, 0.25) is 0 Å². The van der Waals surface area contributed by atoms with E-state index in [1.54, 1.807) is 0 Å². The van der Waals surface area contributed by atoms with Crippen LogP contribution in [-0.4, -0.2) is 32.1 Å². The number of carbonyl (C=O) groups excluding carboxylic acids is 1. The van der Waals surface area contributed by atoms with Gasteiger partial charge in [0.15, 0.2) is 10.8 Å². The Hall–Kier alpha value is -2.25. The van der Waals surface area contributed by atoms with Crippen LogP contribution in [0.15, 0.2) is 30.6 Å². The number of nitrogens with zero attached hydrogens (tertiary/aromatic N) is 3. The quantitative estimate of drug-likeness (QED) is 0.749. The molecule has 2 atom stereocenters. The number of hydrogen-bond acceptors (Lipinski definition) is 5. The first-order chi connectivity index (χ1) is 11.6. The molecule has 8 heteroatoms. The van der Waals surface area contributed by atoms with Crippen LogP contribution >= 0.6 is 22.9 Å². The molecule has 0 spiro atoms. The highest BCUT2D eigenvalue weighted by Gasteiger charge is 2.41. The minimum absolute atomic E-state index is 0.102. The van der Waals surface area contributed by atoms with Crippen LogP contribution in [-0.2, 0) is 0 Å². The number of thiazole rings is 1. The van der Waals surface area contributed by atoms with Gasteiger partial charge in [-0.2, -0.15) is 5.10 Å². The summed E-state index contributed by atoms with van der Waals surface area (Å²) >= 11 is 7.54. The molecule has 2 N–H and O–H groups in total. The standard InChI is InChI=1S/C16H14ClN5OS/c1-8-13(24-16(20-8)14-18-7-19-22-14)15(23)21-12-6-10(12)9-4-2-3-5-11(9)17/h2-5,7,10,12H,6H2,1H3,(H,21,23)(H,18,19,22)/t10-,12+/m1/s1. The predicted molar refractivity (Wildman–Crippen MR) is 92.3 cm³/mol. The van der Waals surface area contributed by atoms with E-state index in [-0.39, 0.29) is 17.9 Å². The van der Waals surface area contributed by atoms with Crippen LogP contribution in [0.1, 0.15) is 33.3 Å². The molecule has 0 bridgehead atoms. The van der Waals surface area contributed by atoms with E-state index < -0.39 is 0 Å². The van der Waals surface area contributed by atoms with Crippen LogP contribution in [0.2, 0.25) is 5.02 Å². The average Bonchev–Trinajstić information content (AvgIpc) is 2.99. The van der Waals surface area contributed by atoms with Crippen molar-refractivity contribution in [2.75, 3.05) is 0 Å². The zero-order valence-corrected chi connectivity index (χ0v) is 14.4. The molecular formula is C16H14ClN5OS. The number of amides is 1. The zero-order valence-electron chi connectivity index (χ0n) is 12.8. The summed E-state index contributed by atoms with van der Waals surface area (Å²) in [5.41, 5.74) is 1.78. The largest absolute Gasteiger partial charge is 0.348 e. The molecule has 0 saturated heterocycles. The molecule has 0 radical (unpaired) electrons. The monoisotopic (exact) mass is 359 g/mol. The van der Waals surface area contributed by atoms with Crippen molar-refractivity contribution in [3.63, 3.8) is 0 Å². The first-order valence-corrected chi connectivity index (χ1v) is 8.71. The van der Waals surface area contributed by atoms with E-state index in [2.05, 4.69) is 25.5 Å². The fourth-order valence-electron chi connectivity index (χ4n) is 2.72. The third kappa shape index (κ3) is 2.81. The maximum absolute atomic E-state index is 12.5. The highest BCUT2D eigenvalue weighted by atomic mass is 35.5. The van der Waals surface area contributed by atoms with Crippen LogP contribution < -0.4 is 5.32 Å².